The van der Waals surface area contributed by atoms with E-state index in [1.807, 2.05) is 24.4 Å². The molecule has 2 aromatic heterocycles. The van der Waals surface area contributed by atoms with Gasteiger partial charge in [0.2, 0.25) is 5.88 Å². The van der Waals surface area contributed by atoms with E-state index < -0.39 is 8.07 Å². The van der Waals surface area contributed by atoms with Gasteiger partial charge in [-0.1, -0.05) is 25.7 Å². The van der Waals surface area contributed by atoms with E-state index in [2.05, 4.69) is 35.0 Å². The van der Waals surface area contributed by atoms with E-state index in [1.165, 1.54) is 0 Å². The number of pyridine rings is 1. The summed E-state index contributed by atoms with van der Waals surface area (Å²) in [4.78, 5) is 4.29. The summed E-state index contributed by atoms with van der Waals surface area (Å²) in [5, 5.41) is 7.55. The van der Waals surface area contributed by atoms with Crippen LogP contribution < -0.4 is 10.1 Å². The van der Waals surface area contributed by atoms with Gasteiger partial charge in [-0.15, -0.1) is 0 Å². The van der Waals surface area contributed by atoms with Crippen molar-refractivity contribution in [2.45, 2.75) is 32.4 Å². The SMILES string of the molecule is COc1cccc(Nc2ccn(COCC[Si](C)(C)C)n2)n1. The van der Waals surface area contributed by atoms with Gasteiger partial charge in [-0.25, -0.2) is 4.68 Å². The molecule has 0 aliphatic carbocycles. The summed E-state index contributed by atoms with van der Waals surface area (Å²) in [6.45, 7) is 8.28. The fraction of sp³-hybridized carbons (Fsp3) is 0.467. The van der Waals surface area contributed by atoms with Crippen LogP contribution in [0.3, 0.4) is 0 Å². The van der Waals surface area contributed by atoms with E-state index in [1.54, 1.807) is 17.9 Å². The van der Waals surface area contributed by atoms with Crippen LogP contribution in [0, 0.1) is 0 Å². The molecule has 0 bridgehead atoms. The number of nitrogens with one attached hydrogen (secondary N) is 1. The van der Waals surface area contributed by atoms with Gasteiger partial charge in [0.15, 0.2) is 5.82 Å². The molecule has 0 saturated carbocycles. The highest BCUT2D eigenvalue weighted by Gasteiger charge is 2.12. The van der Waals surface area contributed by atoms with Crippen LogP contribution in [0.2, 0.25) is 25.7 Å². The Morgan fingerprint density at radius 1 is 1.18 bits per heavy atom. The third-order valence-corrected chi connectivity index (χ3v) is 4.75. The fourth-order valence-electron chi connectivity index (χ4n) is 1.77. The molecule has 22 heavy (non-hydrogen) atoms. The molecule has 0 radical (unpaired) electrons. The molecule has 0 amide bonds. The molecule has 0 spiro atoms. The van der Waals surface area contributed by atoms with Gasteiger partial charge in [-0.05, 0) is 12.1 Å². The van der Waals surface area contributed by atoms with E-state index in [0.717, 1.165) is 18.5 Å². The van der Waals surface area contributed by atoms with Crippen molar-refractivity contribution in [3.05, 3.63) is 30.5 Å². The lowest BCUT2D eigenvalue weighted by Gasteiger charge is -2.15. The van der Waals surface area contributed by atoms with Crippen LogP contribution >= 0.6 is 0 Å². The predicted octanol–water partition coefficient (Wildman–Crippen LogP) is 3.34. The monoisotopic (exact) mass is 320 g/mol. The van der Waals surface area contributed by atoms with Gasteiger partial charge in [-0.3, -0.25) is 0 Å². The number of hydrogen-bond donors (Lipinski definition) is 1. The van der Waals surface area contributed by atoms with Gasteiger partial charge in [0, 0.05) is 33.0 Å². The zero-order valence-electron chi connectivity index (χ0n) is 13.7. The minimum atomic E-state index is -1.04. The van der Waals surface area contributed by atoms with Crippen molar-refractivity contribution in [3.63, 3.8) is 0 Å². The minimum absolute atomic E-state index is 0.470. The summed E-state index contributed by atoms with van der Waals surface area (Å²) in [7, 11) is 0.558. The van der Waals surface area contributed by atoms with Crippen molar-refractivity contribution in [2.75, 3.05) is 19.0 Å². The van der Waals surface area contributed by atoms with E-state index >= 15 is 0 Å². The summed E-state index contributed by atoms with van der Waals surface area (Å²) in [6, 6.07) is 8.60. The highest BCUT2D eigenvalue weighted by Crippen LogP contribution is 2.15. The van der Waals surface area contributed by atoms with Gasteiger partial charge in [0.25, 0.3) is 0 Å². The molecule has 2 heterocycles. The van der Waals surface area contributed by atoms with Crippen LogP contribution in [0.25, 0.3) is 0 Å². The number of ether oxygens (including phenoxy) is 2. The molecule has 0 atom stereocenters. The van der Waals surface area contributed by atoms with Crippen LogP contribution in [0.15, 0.2) is 30.5 Å². The highest BCUT2D eigenvalue weighted by molar-refractivity contribution is 6.76. The molecule has 2 aromatic rings. The third-order valence-electron chi connectivity index (χ3n) is 3.05. The zero-order valence-corrected chi connectivity index (χ0v) is 14.7. The van der Waals surface area contributed by atoms with Gasteiger partial charge in [0.1, 0.15) is 12.5 Å². The molecule has 0 unspecified atom stereocenters. The summed E-state index contributed by atoms with van der Waals surface area (Å²) >= 11 is 0. The maximum Gasteiger partial charge on any atom is 0.214 e. The number of rotatable bonds is 8. The van der Waals surface area contributed by atoms with Crippen LogP contribution in [0.4, 0.5) is 11.6 Å². The Bertz CT molecular complexity index is 595. The first kappa shape index (κ1) is 16.5. The molecule has 0 aliphatic heterocycles. The molecule has 0 aromatic carbocycles. The quantitative estimate of drug-likeness (QED) is 0.597. The van der Waals surface area contributed by atoms with Gasteiger partial charge < -0.3 is 14.8 Å². The average molecular weight is 320 g/mol. The smallest absolute Gasteiger partial charge is 0.214 e. The lowest BCUT2D eigenvalue weighted by molar-refractivity contribution is 0.0788. The second-order valence-corrected chi connectivity index (χ2v) is 11.9. The lowest BCUT2D eigenvalue weighted by atomic mass is 10.4. The number of nitrogens with zero attached hydrogens (tertiary/aromatic N) is 3. The Kier molecular flexibility index (Phi) is 5.56. The van der Waals surface area contributed by atoms with E-state index in [-0.39, 0.29) is 0 Å². The average Bonchev–Trinajstić information content (AvgIpc) is 2.90. The Hall–Kier alpha value is -1.86. The Morgan fingerprint density at radius 2 is 2.00 bits per heavy atom. The molecular weight excluding hydrogens is 296 g/mol. The predicted molar refractivity (Wildman–Crippen MR) is 90.4 cm³/mol. The molecule has 0 aliphatic rings. The molecule has 2 rings (SSSR count). The van der Waals surface area contributed by atoms with Crippen LogP contribution in [-0.4, -0.2) is 36.6 Å². The first-order valence-corrected chi connectivity index (χ1v) is 11.1. The number of aromatic nitrogens is 3. The second-order valence-electron chi connectivity index (χ2n) is 6.28. The molecule has 0 saturated heterocycles. The summed E-state index contributed by atoms with van der Waals surface area (Å²) < 4.78 is 12.5. The van der Waals surface area contributed by atoms with E-state index in [0.29, 0.717) is 18.4 Å². The molecular formula is C15H24N4O2Si. The van der Waals surface area contributed by atoms with Gasteiger partial charge in [-0.2, -0.15) is 10.1 Å². The van der Waals surface area contributed by atoms with Crippen molar-refractivity contribution >= 4 is 19.7 Å². The van der Waals surface area contributed by atoms with Crippen LogP contribution in [0.5, 0.6) is 5.88 Å². The van der Waals surface area contributed by atoms with Crippen molar-refractivity contribution in [2.24, 2.45) is 0 Å². The van der Waals surface area contributed by atoms with Crippen molar-refractivity contribution in [3.8, 4) is 5.88 Å². The first-order valence-electron chi connectivity index (χ1n) is 7.35. The maximum absolute atomic E-state index is 5.67. The van der Waals surface area contributed by atoms with Crippen molar-refractivity contribution in [1.29, 1.82) is 0 Å². The molecule has 7 heteroatoms. The summed E-state index contributed by atoms with van der Waals surface area (Å²) in [5.41, 5.74) is 0. The Labute approximate surface area is 132 Å². The molecule has 1 N–H and O–H groups in total. The van der Waals surface area contributed by atoms with Crippen LogP contribution in [-0.2, 0) is 11.5 Å². The van der Waals surface area contributed by atoms with E-state index in [9.17, 15) is 0 Å². The van der Waals surface area contributed by atoms with Gasteiger partial charge in [0.05, 0.1) is 7.11 Å². The zero-order chi connectivity index (χ0) is 16.0. The maximum atomic E-state index is 5.67. The van der Waals surface area contributed by atoms with Crippen molar-refractivity contribution in [1.82, 2.24) is 14.8 Å². The fourth-order valence-corrected chi connectivity index (χ4v) is 2.52. The second kappa shape index (κ2) is 7.41. The molecule has 6 nitrogen and oxygen atoms in total. The van der Waals surface area contributed by atoms with Gasteiger partial charge >= 0.3 is 0 Å². The Morgan fingerprint density at radius 3 is 2.73 bits per heavy atom. The first-order chi connectivity index (χ1) is 10.5. The largest absolute Gasteiger partial charge is 0.481 e. The molecule has 0 fully saturated rings. The summed E-state index contributed by atoms with van der Waals surface area (Å²) in [5.74, 6) is 2.00. The number of anilines is 2. The Balaban J connectivity index is 1.83. The topological polar surface area (TPSA) is 61.2 Å². The minimum Gasteiger partial charge on any atom is -0.481 e. The normalized spacial score (nSPS) is 11.5. The number of methoxy groups -OCH3 is 1. The lowest BCUT2D eigenvalue weighted by Crippen LogP contribution is -2.22. The highest BCUT2D eigenvalue weighted by atomic mass is 28.3. The van der Waals surface area contributed by atoms with Crippen molar-refractivity contribution < 1.29 is 9.47 Å². The molecule has 120 valence electrons. The van der Waals surface area contributed by atoms with E-state index in [4.69, 9.17) is 9.47 Å². The van der Waals surface area contributed by atoms with Crippen LogP contribution in [0.1, 0.15) is 0 Å². The third kappa shape index (κ3) is 5.49. The standard InChI is InChI=1S/C15H24N4O2Si/c1-20-15-7-5-6-13(17-15)16-14-8-9-19(18-14)12-21-10-11-22(2,3)4/h5-9H,10-12H2,1-4H3,(H,16,17,18). The number of hydrogen-bond acceptors (Lipinski definition) is 5. The summed E-state index contributed by atoms with van der Waals surface area (Å²) in [6.07, 6.45) is 1.89.